The van der Waals surface area contributed by atoms with Gasteiger partial charge in [0.15, 0.2) is 11.6 Å². The van der Waals surface area contributed by atoms with Crippen molar-refractivity contribution in [3.05, 3.63) is 87.5 Å². The first-order valence-corrected chi connectivity index (χ1v) is 12.5. The van der Waals surface area contributed by atoms with Crippen molar-refractivity contribution in [3.63, 3.8) is 0 Å². The molecule has 39 heavy (non-hydrogen) atoms. The third-order valence-electron chi connectivity index (χ3n) is 6.79. The van der Waals surface area contributed by atoms with Gasteiger partial charge in [-0.2, -0.15) is 22.0 Å². The van der Waals surface area contributed by atoms with E-state index in [-0.39, 0.29) is 24.0 Å². The summed E-state index contributed by atoms with van der Waals surface area (Å²) in [5, 5.41) is 0. The summed E-state index contributed by atoms with van der Waals surface area (Å²) in [4.78, 5) is 12.6. The Morgan fingerprint density at radius 3 is 1.85 bits per heavy atom. The normalized spacial score (nSPS) is 15.0. The van der Waals surface area contributed by atoms with Crippen LogP contribution < -0.4 is 4.74 Å². The van der Waals surface area contributed by atoms with Crippen LogP contribution >= 0.6 is 0 Å². The van der Waals surface area contributed by atoms with Crippen molar-refractivity contribution in [1.82, 2.24) is 0 Å². The molecular weight excluding hydrogens is 532 g/mol. The van der Waals surface area contributed by atoms with E-state index in [1.165, 1.54) is 6.07 Å². The molecule has 208 valence electrons. The molecule has 0 aliphatic heterocycles. The van der Waals surface area contributed by atoms with Gasteiger partial charge in [-0.1, -0.05) is 57.4 Å². The van der Waals surface area contributed by atoms with Gasteiger partial charge < -0.3 is 4.74 Å². The molecule has 0 amide bonds. The van der Waals surface area contributed by atoms with Gasteiger partial charge in [-0.15, -0.1) is 0 Å². The molecule has 0 heterocycles. The minimum atomic E-state index is -5.25. The Morgan fingerprint density at radius 2 is 1.23 bits per heavy atom. The van der Waals surface area contributed by atoms with Gasteiger partial charge in [0.05, 0.1) is 16.7 Å². The zero-order chi connectivity index (χ0) is 28.7. The smallest absolute Gasteiger partial charge is 0.346 e. The Morgan fingerprint density at radius 1 is 0.667 bits per heavy atom. The van der Waals surface area contributed by atoms with Gasteiger partial charge >= 0.3 is 17.8 Å². The first-order valence-electron chi connectivity index (χ1n) is 12.5. The van der Waals surface area contributed by atoms with Crippen LogP contribution in [0.4, 0.5) is 35.1 Å². The van der Waals surface area contributed by atoms with E-state index >= 15 is 22.0 Å². The fraction of sp³-hybridized carbons (Fsp3) is 0.345. The number of benzene rings is 3. The minimum absolute atomic E-state index is 0.0175. The summed E-state index contributed by atoms with van der Waals surface area (Å²) in [6.45, 7) is 3.58. The summed E-state index contributed by atoms with van der Waals surface area (Å²) < 4.78 is 124. The van der Waals surface area contributed by atoms with E-state index in [1.807, 2.05) is 6.92 Å². The molecule has 1 aliphatic carbocycles. The largest absolute Gasteiger partial charge is 0.420 e. The molecule has 0 radical (unpaired) electrons. The quantitative estimate of drug-likeness (QED) is 0.120. The number of esters is 1. The number of aryl methyl sites for hydroxylation is 2. The zero-order valence-corrected chi connectivity index (χ0v) is 21.0. The number of hydrogen-bond acceptors (Lipinski definition) is 2. The van der Waals surface area contributed by atoms with Crippen LogP contribution in [0.2, 0.25) is 0 Å². The maximum Gasteiger partial charge on any atom is 0.346 e. The molecule has 4 rings (SSSR count). The second-order valence-electron chi connectivity index (χ2n) is 9.41. The molecule has 3 aromatic carbocycles. The Balaban J connectivity index is 1.75. The van der Waals surface area contributed by atoms with Crippen molar-refractivity contribution >= 4 is 5.97 Å². The first kappa shape index (κ1) is 28.6. The maximum atomic E-state index is 15.4. The van der Waals surface area contributed by atoms with Crippen molar-refractivity contribution in [3.8, 4) is 16.9 Å². The summed E-state index contributed by atoms with van der Waals surface area (Å²) >= 11 is 0. The molecule has 0 saturated carbocycles. The molecule has 0 spiro atoms. The van der Waals surface area contributed by atoms with Gasteiger partial charge in [0, 0.05) is 0 Å². The highest BCUT2D eigenvalue weighted by atomic mass is 19.3. The standard InChI is InChI=1S/C29H24F8O2/c1-3-5-6-8-16-10-14-20(26(33)24(16)31)39-27(38)19-13-12-18-17-11-9-15(7-4-2)23(30)21(17)28(34,35)29(36,37)22(18)25(19)32/h9-14H,3-8H2,1-2H3. The van der Waals surface area contributed by atoms with Crippen molar-refractivity contribution in [1.29, 1.82) is 0 Å². The summed E-state index contributed by atoms with van der Waals surface area (Å²) in [6, 6.07) is 5.72. The SMILES string of the molecule is CCCCCc1ccc(OC(=O)c2ccc3c(c2F)C(F)(F)C(F)(F)c2c-3ccc(CCC)c2F)c(F)c1F. The Labute approximate surface area is 219 Å². The number of carbonyl (C=O) groups is 1. The van der Waals surface area contributed by atoms with Gasteiger partial charge in [0.1, 0.15) is 11.6 Å². The summed E-state index contributed by atoms with van der Waals surface area (Å²) in [6.07, 6.45) is 2.80. The van der Waals surface area contributed by atoms with Crippen LogP contribution in [-0.2, 0) is 24.7 Å². The molecule has 0 aromatic heterocycles. The molecule has 0 atom stereocenters. The fourth-order valence-corrected chi connectivity index (χ4v) is 4.76. The minimum Gasteiger partial charge on any atom is -0.420 e. The lowest BCUT2D eigenvalue weighted by atomic mass is 9.78. The van der Waals surface area contributed by atoms with Crippen molar-refractivity contribution in [2.24, 2.45) is 0 Å². The molecule has 0 saturated heterocycles. The lowest BCUT2D eigenvalue weighted by molar-refractivity contribution is -0.227. The number of alkyl halides is 4. The average Bonchev–Trinajstić information content (AvgIpc) is 2.88. The monoisotopic (exact) mass is 556 g/mol. The molecule has 0 N–H and O–H groups in total. The predicted octanol–water partition coefficient (Wildman–Crippen LogP) is 9.01. The van der Waals surface area contributed by atoms with Crippen molar-refractivity contribution < 1.29 is 44.7 Å². The third kappa shape index (κ3) is 4.67. The molecule has 0 unspecified atom stereocenters. The number of carbonyl (C=O) groups excluding carboxylic acids is 1. The lowest BCUT2D eigenvalue weighted by Crippen LogP contribution is -2.41. The van der Waals surface area contributed by atoms with E-state index in [4.69, 9.17) is 4.74 Å². The van der Waals surface area contributed by atoms with Crippen LogP contribution in [0.5, 0.6) is 5.75 Å². The number of fused-ring (bicyclic) bond motifs is 3. The van der Waals surface area contributed by atoms with Crippen LogP contribution in [0.25, 0.3) is 11.1 Å². The summed E-state index contributed by atoms with van der Waals surface area (Å²) in [5.74, 6) is -19.4. The van der Waals surface area contributed by atoms with Gasteiger partial charge in [-0.25, -0.2) is 18.0 Å². The van der Waals surface area contributed by atoms with Gasteiger partial charge in [-0.05, 0) is 53.6 Å². The number of halogens is 8. The van der Waals surface area contributed by atoms with E-state index in [9.17, 15) is 18.0 Å². The van der Waals surface area contributed by atoms with E-state index < -0.39 is 74.7 Å². The second-order valence-corrected chi connectivity index (χ2v) is 9.41. The zero-order valence-electron chi connectivity index (χ0n) is 21.0. The second kappa shape index (κ2) is 10.6. The van der Waals surface area contributed by atoms with Crippen LogP contribution in [0.1, 0.15) is 72.1 Å². The number of ether oxygens (including phenoxy) is 1. The molecule has 0 fully saturated rings. The van der Waals surface area contributed by atoms with Crippen LogP contribution in [0.3, 0.4) is 0 Å². The summed E-state index contributed by atoms with van der Waals surface area (Å²) in [7, 11) is 0. The van der Waals surface area contributed by atoms with E-state index in [0.717, 1.165) is 37.1 Å². The highest BCUT2D eigenvalue weighted by Gasteiger charge is 2.65. The molecule has 1 aliphatic rings. The molecule has 2 nitrogen and oxygen atoms in total. The van der Waals surface area contributed by atoms with Gasteiger partial charge in [0.25, 0.3) is 0 Å². The maximum absolute atomic E-state index is 15.4. The Hall–Kier alpha value is -3.43. The summed E-state index contributed by atoms with van der Waals surface area (Å²) in [5.41, 5.74) is -6.14. The van der Waals surface area contributed by atoms with Crippen molar-refractivity contribution in [2.75, 3.05) is 0 Å². The molecule has 0 bridgehead atoms. The molecule has 3 aromatic rings. The van der Waals surface area contributed by atoms with E-state index in [1.54, 1.807) is 6.92 Å². The average molecular weight is 556 g/mol. The first-order chi connectivity index (χ1) is 18.4. The van der Waals surface area contributed by atoms with Gasteiger partial charge in [-0.3, -0.25) is 0 Å². The van der Waals surface area contributed by atoms with Crippen LogP contribution in [0.15, 0.2) is 36.4 Å². The highest BCUT2D eigenvalue weighted by molar-refractivity contribution is 5.93. The topological polar surface area (TPSA) is 26.3 Å². The predicted molar refractivity (Wildman–Crippen MR) is 128 cm³/mol. The number of unbranched alkanes of at least 4 members (excludes halogenated alkanes) is 2. The molecule has 10 heteroatoms. The van der Waals surface area contributed by atoms with Gasteiger partial charge in [0.2, 0.25) is 5.82 Å². The number of rotatable bonds is 8. The Bertz CT molecular complexity index is 1430. The third-order valence-corrected chi connectivity index (χ3v) is 6.79. The van der Waals surface area contributed by atoms with E-state index in [0.29, 0.717) is 18.9 Å². The van der Waals surface area contributed by atoms with Crippen molar-refractivity contribution in [2.45, 2.75) is 64.2 Å². The lowest BCUT2D eigenvalue weighted by Gasteiger charge is -2.35. The number of hydrogen-bond donors (Lipinski definition) is 0. The van der Waals surface area contributed by atoms with E-state index in [2.05, 4.69) is 0 Å². The highest BCUT2D eigenvalue weighted by Crippen LogP contribution is 2.59. The van der Waals surface area contributed by atoms with Crippen LogP contribution in [0, 0.1) is 23.3 Å². The van der Waals surface area contributed by atoms with Crippen LogP contribution in [-0.4, -0.2) is 5.97 Å². The molecular formula is C29H24F8O2. The fourth-order valence-electron chi connectivity index (χ4n) is 4.76. The Kier molecular flexibility index (Phi) is 7.78.